The van der Waals surface area contributed by atoms with Gasteiger partial charge in [-0.05, 0) is 66.5 Å². The Morgan fingerprint density at radius 3 is 2.72 bits per heavy atom. The number of amides is 1. The fourth-order valence-electron chi connectivity index (χ4n) is 4.80. The Morgan fingerprint density at radius 1 is 1.23 bits per heavy atom. The predicted molar refractivity (Wildman–Crippen MR) is 154 cm³/mol. The predicted octanol–water partition coefficient (Wildman–Crippen LogP) is 5.26. The monoisotopic (exact) mass is 551 g/mol. The number of nitrogens with zero attached hydrogens (tertiary/aromatic N) is 5. The summed E-state index contributed by atoms with van der Waals surface area (Å²) in [5.74, 6) is 1.81. The van der Waals surface area contributed by atoms with Gasteiger partial charge in [0.25, 0.3) is 0 Å². The summed E-state index contributed by atoms with van der Waals surface area (Å²) in [6, 6.07) is 0.654. The number of hydrogen-bond acceptors (Lipinski definition) is 9. The molecule has 1 aliphatic heterocycles. The van der Waals surface area contributed by atoms with Crippen LogP contribution in [0.5, 0.6) is 5.75 Å². The number of aryl methyl sites for hydroxylation is 1. The number of pyridine rings is 1. The Bertz CT molecular complexity index is 1420. The second-order valence-corrected chi connectivity index (χ2v) is 12.2. The van der Waals surface area contributed by atoms with Gasteiger partial charge in [-0.1, -0.05) is 12.0 Å². The van der Waals surface area contributed by atoms with Crippen molar-refractivity contribution in [2.45, 2.75) is 83.5 Å². The maximum absolute atomic E-state index is 12.5. The zero-order valence-corrected chi connectivity index (χ0v) is 24.4. The van der Waals surface area contributed by atoms with Crippen molar-refractivity contribution >= 4 is 40.9 Å². The van der Waals surface area contributed by atoms with E-state index in [1.807, 2.05) is 45.5 Å². The minimum Gasteiger partial charge on any atom is -0.496 e. The van der Waals surface area contributed by atoms with Crippen molar-refractivity contribution in [2.24, 2.45) is 0 Å². The van der Waals surface area contributed by atoms with Gasteiger partial charge >= 0.3 is 6.09 Å². The highest BCUT2D eigenvalue weighted by Gasteiger charge is 2.25. The van der Waals surface area contributed by atoms with Crippen LogP contribution in [0.15, 0.2) is 16.8 Å². The summed E-state index contributed by atoms with van der Waals surface area (Å²) in [4.78, 5) is 26.7. The lowest BCUT2D eigenvalue weighted by molar-refractivity contribution is 0.0634. The molecule has 5 rings (SSSR count). The summed E-state index contributed by atoms with van der Waals surface area (Å²) < 4.78 is 12.9. The molecule has 0 saturated heterocycles. The van der Waals surface area contributed by atoms with Crippen molar-refractivity contribution in [2.75, 3.05) is 24.7 Å². The maximum atomic E-state index is 12.5. The third-order valence-corrected chi connectivity index (χ3v) is 8.05. The van der Waals surface area contributed by atoms with E-state index < -0.39 is 11.7 Å². The van der Waals surface area contributed by atoms with Crippen molar-refractivity contribution in [3.05, 3.63) is 34.3 Å². The molecule has 11 heteroatoms. The number of aromatic nitrogens is 5. The quantitative estimate of drug-likeness (QED) is 0.362. The normalized spacial score (nSPS) is 15.5. The Hall–Kier alpha value is -3.18. The number of anilines is 1. The number of carbonyl (C=O) groups is 1. The molecule has 1 fully saturated rings. The highest BCUT2D eigenvalue weighted by molar-refractivity contribution is 7.99. The van der Waals surface area contributed by atoms with Crippen molar-refractivity contribution in [3.63, 3.8) is 0 Å². The average molecular weight is 552 g/mol. The lowest BCUT2D eigenvalue weighted by Crippen LogP contribution is -2.35. The lowest BCUT2D eigenvalue weighted by Gasteiger charge is -2.26. The van der Waals surface area contributed by atoms with Crippen molar-refractivity contribution in [1.82, 2.24) is 30.0 Å². The number of rotatable bonds is 8. The third-order valence-electron chi connectivity index (χ3n) is 6.97. The van der Waals surface area contributed by atoms with Crippen LogP contribution < -0.4 is 15.4 Å². The first-order valence-electron chi connectivity index (χ1n) is 13.4. The topological polar surface area (TPSA) is 116 Å². The molecule has 0 aromatic carbocycles. The smallest absolute Gasteiger partial charge is 0.414 e. The van der Waals surface area contributed by atoms with Gasteiger partial charge in [-0.25, -0.2) is 14.5 Å². The van der Waals surface area contributed by atoms with E-state index in [1.165, 1.54) is 24.8 Å². The second-order valence-electron chi connectivity index (χ2n) is 11.2. The van der Waals surface area contributed by atoms with E-state index >= 15 is 0 Å². The van der Waals surface area contributed by atoms with Crippen LogP contribution in [0.25, 0.3) is 17.1 Å². The summed E-state index contributed by atoms with van der Waals surface area (Å²) in [5, 5.41) is 13.0. The maximum Gasteiger partial charge on any atom is 0.414 e. The highest BCUT2D eigenvalue weighted by Crippen LogP contribution is 2.36. The number of methoxy groups -OCH3 is 1. The van der Waals surface area contributed by atoms with Gasteiger partial charge < -0.3 is 14.8 Å². The van der Waals surface area contributed by atoms with Gasteiger partial charge in [0.2, 0.25) is 5.95 Å². The molecule has 2 aliphatic rings. The summed E-state index contributed by atoms with van der Waals surface area (Å²) in [7, 11) is 1.67. The molecule has 0 bridgehead atoms. The standard InChI is InChI=1S/C28H37N7O3S/c1-16-13-30-21(17(2)23(16)37-6)14-35-24-22-20(34-35)12-18(10-11-29-19-8-7-9-19)15-39-25(22)32-26(31-24)33-27(36)38-28(3,4)5/h12-13,19,29H,7-11,14-15H2,1-6H3,(H,31,32,33,36). The first kappa shape index (κ1) is 27.4. The van der Waals surface area contributed by atoms with Crippen LogP contribution >= 0.6 is 11.8 Å². The molecular weight excluding hydrogens is 514 g/mol. The van der Waals surface area contributed by atoms with Gasteiger partial charge in [-0.15, -0.1) is 11.8 Å². The third kappa shape index (κ3) is 6.19. The van der Waals surface area contributed by atoms with E-state index in [4.69, 9.17) is 24.5 Å². The Balaban J connectivity index is 1.50. The van der Waals surface area contributed by atoms with Crippen molar-refractivity contribution < 1.29 is 14.3 Å². The molecule has 3 aromatic heterocycles. The molecule has 39 heavy (non-hydrogen) atoms. The molecule has 208 valence electrons. The van der Waals surface area contributed by atoms with Gasteiger partial charge in [0.15, 0.2) is 5.65 Å². The minimum atomic E-state index is -0.635. The molecule has 1 aliphatic carbocycles. The van der Waals surface area contributed by atoms with Gasteiger partial charge in [0.1, 0.15) is 16.4 Å². The zero-order chi connectivity index (χ0) is 27.7. The van der Waals surface area contributed by atoms with E-state index in [1.54, 1.807) is 18.9 Å². The highest BCUT2D eigenvalue weighted by atomic mass is 32.2. The molecule has 0 radical (unpaired) electrons. The fourth-order valence-corrected chi connectivity index (χ4v) is 5.84. The summed E-state index contributed by atoms with van der Waals surface area (Å²) in [6.45, 7) is 10.8. The summed E-state index contributed by atoms with van der Waals surface area (Å²) in [5.41, 5.74) is 4.92. The van der Waals surface area contributed by atoms with E-state index in [9.17, 15) is 4.79 Å². The van der Waals surface area contributed by atoms with Crippen LogP contribution in [0.3, 0.4) is 0 Å². The van der Waals surface area contributed by atoms with Crippen LogP contribution in [0, 0.1) is 13.8 Å². The molecule has 1 amide bonds. The Kier molecular flexibility index (Phi) is 7.82. The summed E-state index contributed by atoms with van der Waals surface area (Å²) in [6.07, 6.45) is 8.19. The molecule has 0 spiro atoms. The SMILES string of the molecule is COc1c(C)cnc(Cn2nc3c4c(nc(NC(=O)OC(C)(C)C)nc42)SCC(CCNC2CCC2)=C3)c1C. The van der Waals surface area contributed by atoms with E-state index in [-0.39, 0.29) is 5.95 Å². The number of ether oxygens (including phenoxy) is 2. The van der Waals surface area contributed by atoms with E-state index in [0.717, 1.165) is 57.4 Å². The van der Waals surface area contributed by atoms with Gasteiger partial charge in [-0.2, -0.15) is 10.1 Å². The molecule has 4 heterocycles. The molecule has 0 unspecified atom stereocenters. The molecule has 10 nitrogen and oxygen atoms in total. The second kappa shape index (κ2) is 11.1. The zero-order valence-electron chi connectivity index (χ0n) is 23.6. The van der Waals surface area contributed by atoms with Crippen LogP contribution in [-0.2, 0) is 11.3 Å². The van der Waals surface area contributed by atoms with Gasteiger partial charge in [0, 0.05) is 29.1 Å². The largest absolute Gasteiger partial charge is 0.496 e. The number of nitrogens with one attached hydrogen (secondary N) is 2. The van der Waals surface area contributed by atoms with Gasteiger partial charge in [-0.3, -0.25) is 10.3 Å². The Morgan fingerprint density at radius 2 is 2.03 bits per heavy atom. The van der Waals surface area contributed by atoms with E-state index in [0.29, 0.717) is 18.2 Å². The van der Waals surface area contributed by atoms with Crippen LogP contribution in [0.1, 0.15) is 69.0 Å². The van der Waals surface area contributed by atoms with Gasteiger partial charge in [0.05, 0.1) is 30.4 Å². The first-order chi connectivity index (χ1) is 18.6. The minimum absolute atomic E-state index is 0.188. The molecular formula is C28H37N7O3S. The lowest BCUT2D eigenvalue weighted by atomic mass is 9.93. The van der Waals surface area contributed by atoms with Crippen molar-refractivity contribution in [3.8, 4) is 5.75 Å². The number of thioether (sulfide) groups is 1. The first-order valence-corrected chi connectivity index (χ1v) is 14.4. The molecule has 3 aromatic rings. The molecule has 2 N–H and O–H groups in total. The molecule has 0 atom stereocenters. The van der Waals surface area contributed by atoms with E-state index in [2.05, 4.69) is 21.7 Å². The number of carbonyl (C=O) groups excluding carboxylic acids is 1. The Labute approximate surface area is 233 Å². The molecule has 1 saturated carbocycles. The number of hydrogen-bond donors (Lipinski definition) is 2. The fraction of sp³-hybridized carbons (Fsp3) is 0.536. The average Bonchev–Trinajstić information content (AvgIpc) is 3.05. The van der Waals surface area contributed by atoms with Crippen LogP contribution in [0.2, 0.25) is 0 Å². The van der Waals surface area contributed by atoms with Crippen molar-refractivity contribution in [1.29, 1.82) is 0 Å². The summed E-state index contributed by atoms with van der Waals surface area (Å²) >= 11 is 1.65. The van der Waals surface area contributed by atoms with Crippen LogP contribution in [-0.4, -0.2) is 61.9 Å². The van der Waals surface area contributed by atoms with Crippen LogP contribution in [0.4, 0.5) is 10.7 Å².